The Bertz CT molecular complexity index is 1360. The predicted octanol–water partition coefficient (Wildman–Crippen LogP) is 3.42. The number of benzene rings is 2. The SMILES string of the molecule is CCC(C)(O)c1cc(=O)c2c(C)cc3c(c2o1)C(=O)c1c(OC(C)=O)cccc1C3=O. The van der Waals surface area contributed by atoms with E-state index in [-0.39, 0.29) is 51.2 Å². The highest BCUT2D eigenvalue weighted by Crippen LogP contribution is 2.38. The first kappa shape index (κ1) is 20.7. The molecule has 4 rings (SSSR count). The van der Waals surface area contributed by atoms with Gasteiger partial charge >= 0.3 is 5.97 Å². The van der Waals surface area contributed by atoms with Crippen LogP contribution in [0.4, 0.5) is 0 Å². The quantitative estimate of drug-likeness (QED) is 0.399. The number of esters is 1. The lowest BCUT2D eigenvalue weighted by Gasteiger charge is -2.23. The van der Waals surface area contributed by atoms with Gasteiger partial charge in [-0.15, -0.1) is 0 Å². The molecule has 158 valence electrons. The van der Waals surface area contributed by atoms with E-state index in [1.165, 1.54) is 44.2 Å². The summed E-state index contributed by atoms with van der Waals surface area (Å²) in [6.07, 6.45) is 0.266. The van der Waals surface area contributed by atoms with Crippen molar-refractivity contribution in [3.63, 3.8) is 0 Å². The van der Waals surface area contributed by atoms with Crippen LogP contribution in [0.25, 0.3) is 11.0 Å². The summed E-state index contributed by atoms with van der Waals surface area (Å²) in [4.78, 5) is 51.2. The van der Waals surface area contributed by atoms with Crippen LogP contribution in [0.3, 0.4) is 0 Å². The molecule has 7 nitrogen and oxygen atoms in total. The monoisotopic (exact) mass is 420 g/mol. The van der Waals surface area contributed by atoms with Crippen molar-refractivity contribution in [1.82, 2.24) is 0 Å². The van der Waals surface area contributed by atoms with Gasteiger partial charge in [-0.05, 0) is 38.0 Å². The molecule has 0 fully saturated rings. The van der Waals surface area contributed by atoms with E-state index in [0.29, 0.717) is 5.56 Å². The summed E-state index contributed by atoms with van der Waals surface area (Å²) in [6.45, 7) is 6.08. The second-order valence-corrected chi connectivity index (χ2v) is 7.85. The van der Waals surface area contributed by atoms with E-state index in [9.17, 15) is 24.3 Å². The van der Waals surface area contributed by atoms with Crippen molar-refractivity contribution in [2.45, 2.75) is 39.7 Å². The van der Waals surface area contributed by atoms with Crippen LogP contribution < -0.4 is 10.2 Å². The van der Waals surface area contributed by atoms with Gasteiger partial charge in [0.2, 0.25) is 5.78 Å². The second-order valence-electron chi connectivity index (χ2n) is 7.85. The number of hydrogen-bond acceptors (Lipinski definition) is 7. The largest absolute Gasteiger partial charge is 0.457 e. The van der Waals surface area contributed by atoms with Crippen molar-refractivity contribution < 1.29 is 28.6 Å². The zero-order valence-electron chi connectivity index (χ0n) is 17.5. The summed E-state index contributed by atoms with van der Waals surface area (Å²) >= 11 is 0. The summed E-state index contributed by atoms with van der Waals surface area (Å²) in [7, 11) is 0. The van der Waals surface area contributed by atoms with E-state index in [1.807, 2.05) is 0 Å². The molecule has 1 aromatic heterocycles. The van der Waals surface area contributed by atoms with Gasteiger partial charge in [0.1, 0.15) is 22.7 Å². The predicted molar refractivity (Wildman–Crippen MR) is 112 cm³/mol. The van der Waals surface area contributed by atoms with E-state index in [4.69, 9.17) is 9.15 Å². The van der Waals surface area contributed by atoms with Gasteiger partial charge in [-0.2, -0.15) is 0 Å². The van der Waals surface area contributed by atoms with Crippen LogP contribution in [-0.2, 0) is 10.4 Å². The van der Waals surface area contributed by atoms with Gasteiger partial charge in [-0.3, -0.25) is 19.2 Å². The first-order valence-electron chi connectivity index (χ1n) is 9.82. The molecule has 0 saturated heterocycles. The van der Waals surface area contributed by atoms with Crippen LogP contribution in [0, 0.1) is 6.92 Å². The zero-order valence-corrected chi connectivity index (χ0v) is 17.5. The average molecular weight is 420 g/mol. The lowest BCUT2D eigenvalue weighted by Crippen LogP contribution is -2.25. The molecule has 0 bridgehead atoms. The molecule has 0 amide bonds. The highest BCUT2D eigenvalue weighted by Gasteiger charge is 2.37. The third-order valence-corrected chi connectivity index (χ3v) is 5.64. The molecular weight excluding hydrogens is 400 g/mol. The van der Waals surface area contributed by atoms with E-state index < -0.39 is 28.6 Å². The maximum absolute atomic E-state index is 13.6. The summed E-state index contributed by atoms with van der Waals surface area (Å²) in [5, 5.41) is 10.8. The van der Waals surface area contributed by atoms with Gasteiger partial charge in [0.25, 0.3) is 0 Å². The Morgan fingerprint density at radius 2 is 1.81 bits per heavy atom. The zero-order chi connectivity index (χ0) is 22.7. The highest BCUT2D eigenvalue weighted by atomic mass is 16.5. The molecular formula is C24H20O7. The minimum absolute atomic E-state index is 0.000355. The fourth-order valence-electron chi connectivity index (χ4n) is 3.83. The minimum Gasteiger partial charge on any atom is -0.457 e. The molecule has 31 heavy (non-hydrogen) atoms. The Kier molecular flexibility index (Phi) is 4.66. The molecule has 0 spiro atoms. The Hall–Kier alpha value is -3.58. The standard InChI is InChI=1S/C24H20O7/c1-5-24(4,29)17-10-15(26)18-11(2)9-14-20(23(18)31-17)22(28)19-13(21(14)27)7-6-8-16(19)30-12(3)25/h6-10,29H,5H2,1-4H3. The van der Waals surface area contributed by atoms with Gasteiger partial charge in [0.15, 0.2) is 11.2 Å². The van der Waals surface area contributed by atoms with E-state index >= 15 is 0 Å². The van der Waals surface area contributed by atoms with E-state index in [2.05, 4.69) is 0 Å². The van der Waals surface area contributed by atoms with Gasteiger partial charge in [-0.25, -0.2) is 0 Å². The number of ketones is 2. The number of carbonyl (C=O) groups excluding carboxylic acids is 3. The molecule has 1 N–H and O–H groups in total. The van der Waals surface area contributed by atoms with Gasteiger partial charge in [0.05, 0.1) is 16.5 Å². The number of rotatable bonds is 3. The van der Waals surface area contributed by atoms with Crippen LogP contribution in [0.1, 0.15) is 70.4 Å². The first-order chi connectivity index (χ1) is 14.6. The Labute approximate surface area is 177 Å². The van der Waals surface area contributed by atoms with Crippen molar-refractivity contribution in [2.75, 3.05) is 0 Å². The second kappa shape index (κ2) is 6.99. The first-order valence-corrected chi connectivity index (χ1v) is 9.82. The Balaban J connectivity index is 2.11. The van der Waals surface area contributed by atoms with Crippen molar-refractivity contribution in [3.05, 3.63) is 74.1 Å². The Morgan fingerprint density at radius 3 is 2.45 bits per heavy atom. The summed E-state index contributed by atoms with van der Waals surface area (Å²) in [5.41, 5.74) is -1.39. The normalized spacial score (nSPS) is 14.7. The number of carbonyl (C=O) groups is 3. The van der Waals surface area contributed by atoms with E-state index in [0.717, 1.165) is 0 Å². The molecule has 7 heteroatoms. The number of aliphatic hydroxyl groups is 1. The molecule has 1 unspecified atom stereocenters. The number of hydrogen-bond donors (Lipinski definition) is 1. The van der Waals surface area contributed by atoms with E-state index in [1.54, 1.807) is 13.8 Å². The van der Waals surface area contributed by atoms with Gasteiger partial charge < -0.3 is 14.3 Å². The van der Waals surface area contributed by atoms with Crippen molar-refractivity contribution in [1.29, 1.82) is 0 Å². The molecule has 0 radical (unpaired) electrons. The van der Waals surface area contributed by atoms with Crippen LogP contribution in [0.2, 0.25) is 0 Å². The molecule has 1 atom stereocenters. The molecule has 0 saturated carbocycles. The number of ether oxygens (including phenoxy) is 1. The van der Waals surface area contributed by atoms with Crippen LogP contribution in [0.15, 0.2) is 39.5 Å². The summed E-state index contributed by atoms with van der Waals surface area (Å²) in [5.74, 6) is -1.72. The number of fused-ring (bicyclic) bond motifs is 4. The minimum atomic E-state index is -1.44. The molecule has 1 aliphatic rings. The van der Waals surface area contributed by atoms with Crippen molar-refractivity contribution in [2.24, 2.45) is 0 Å². The molecule has 1 aliphatic carbocycles. The molecule has 3 aromatic rings. The topological polar surface area (TPSA) is 111 Å². The lowest BCUT2D eigenvalue weighted by atomic mass is 9.81. The van der Waals surface area contributed by atoms with Crippen LogP contribution in [0.5, 0.6) is 5.75 Å². The van der Waals surface area contributed by atoms with Gasteiger partial charge in [0, 0.05) is 24.1 Å². The van der Waals surface area contributed by atoms with Crippen molar-refractivity contribution in [3.8, 4) is 5.75 Å². The smallest absolute Gasteiger partial charge is 0.308 e. The third-order valence-electron chi connectivity index (χ3n) is 5.64. The lowest BCUT2D eigenvalue weighted by molar-refractivity contribution is -0.131. The van der Waals surface area contributed by atoms with Crippen LogP contribution >= 0.6 is 0 Å². The highest BCUT2D eigenvalue weighted by molar-refractivity contribution is 6.32. The average Bonchev–Trinajstić information content (AvgIpc) is 2.70. The fraction of sp³-hybridized carbons (Fsp3) is 0.250. The summed E-state index contributed by atoms with van der Waals surface area (Å²) in [6, 6.07) is 7.14. The number of aryl methyl sites for hydroxylation is 1. The van der Waals surface area contributed by atoms with Gasteiger partial charge in [-0.1, -0.05) is 19.1 Å². The maximum Gasteiger partial charge on any atom is 0.308 e. The molecule has 2 aromatic carbocycles. The fourth-order valence-corrected chi connectivity index (χ4v) is 3.83. The van der Waals surface area contributed by atoms with Crippen molar-refractivity contribution >= 4 is 28.5 Å². The third kappa shape index (κ3) is 3.09. The summed E-state index contributed by atoms with van der Waals surface area (Å²) < 4.78 is 11.1. The molecule has 0 aliphatic heterocycles. The van der Waals surface area contributed by atoms with Crippen LogP contribution in [-0.4, -0.2) is 22.6 Å². The maximum atomic E-state index is 13.6. The molecule has 1 heterocycles. The Morgan fingerprint density at radius 1 is 1.10 bits per heavy atom.